The van der Waals surface area contributed by atoms with Crippen LogP contribution in [0.2, 0.25) is 0 Å². The van der Waals surface area contributed by atoms with Gasteiger partial charge in [-0.15, -0.1) is 6.58 Å². The van der Waals surface area contributed by atoms with E-state index >= 15 is 0 Å². The van der Waals surface area contributed by atoms with E-state index in [2.05, 4.69) is 19.7 Å². The van der Waals surface area contributed by atoms with Crippen molar-refractivity contribution in [2.75, 3.05) is 19.8 Å². The Bertz CT molecular complexity index is 202. The third-order valence-corrected chi connectivity index (χ3v) is 1.30. The van der Waals surface area contributed by atoms with Crippen LogP contribution in [0.4, 0.5) is 0 Å². The minimum Gasteiger partial charge on any atom is -0.502 e. The van der Waals surface area contributed by atoms with Crippen molar-refractivity contribution in [1.29, 1.82) is 0 Å². The van der Waals surface area contributed by atoms with Gasteiger partial charge in [0, 0.05) is 19.3 Å². The van der Waals surface area contributed by atoms with Crippen LogP contribution in [0.15, 0.2) is 38.2 Å². The molecule has 0 aromatic heterocycles. The van der Waals surface area contributed by atoms with Crippen molar-refractivity contribution >= 4 is 5.97 Å². The summed E-state index contributed by atoms with van der Waals surface area (Å²) < 4.78 is 4.79. The Morgan fingerprint density at radius 1 is 1.11 bits per heavy atom. The van der Waals surface area contributed by atoms with E-state index in [9.17, 15) is 4.79 Å². The quantitative estimate of drug-likeness (QED) is 0.268. The van der Waals surface area contributed by atoms with Gasteiger partial charge in [-0.05, 0) is 19.3 Å². The second-order valence-corrected chi connectivity index (χ2v) is 2.81. The first-order valence-electron chi connectivity index (χ1n) is 5.51. The van der Waals surface area contributed by atoms with E-state index in [1.54, 1.807) is 6.08 Å². The molecule has 0 spiro atoms. The molecule has 0 saturated heterocycles. The van der Waals surface area contributed by atoms with Crippen molar-refractivity contribution in [3.8, 4) is 0 Å². The highest BCUT2D eigenvalue weighted by Crippen LogP contribution is 1.87. The minimum atomic E-state index is -0.981. The van der Waals surface area contributed by atoms with Crippen molar-refractivity contribution in [2.45, 2.75) is 19.3 Å². The van der Waals surface area contributed by atoms with Gasteiger partial charge in [-0.25, -0.2) is 4.79 Å². The molecule has 0 amide bonds. The summed E-state index contributed by atoms with van der Waals surface area (Å²) in [6.07, 6.45) is 6.35. The lowest BCUT2D eigenvalue weighted by atomic mass is 10.3. The summed E-state index contributed by atoms with van der Waals surface area (Å²) in [5.74, 6) is -0.981. The van der Waals surface area contributed by atoms with Gasteiger partial charge in [0.05, 0.1) is 12.9 Å². The molecule has 5 nitrogen and oxygen atoms in total. The zero-order chi connectivity index (χ0) is 14.6. The SMILES string of the molecule is C=CC(=O)O.C=CCCO.C=COCCCCO. The largest absolute Gasteiger partial charge is 0.502 e. The third-order valence-electron chi connectivity index (χ3n) is 1.30. The molecule has 0 unspecified atom stereocenters. The first kappa shape index (κ1) is 21.7. The number of aliphatic carboxylic acids is 1. The number of carbonyl (C=O) groups is 1. The van der Waals surface area contributed by atoms with Crippen LogP contribution in [0.25, 0.3) is 0 Å². The standard InChI is InChI=1S/C6H12O2.C4H8O.C3H4O2/c1-2-8-6-4-3-5-7;1-2-3-4-5;1-2-3(4)5/h2,7H,1,3-6H2;2,5H,1,3-4H2;2H,1H2,(H,4,5). The van der Waals surface area contributed by atoms with Gasteiger partial charge in [-0.1, -0.05) is 19.2 Å². The number of carboxylic acids is 1. The van der Waals surface area contributed by atoms with Crippen molar-refractivity contribution in [1.82, 2.24) is 0 Å². The molecule has 3 N–H and O–H groups in total. The maximum atomic E-state index is 9.25. The lowest BCUT2D eigenvalue weighted by Gasteiger charge is -1.95. The normalized spacial score (nSPS) is 7.67. The molecule has 0 rings (SSSR count). The van der Waals surface area contributed by atoms with Crippen LogP contribution >= 0.6 is 0 Å². The van der Waals surface area contributed by atoms with E-state index in [0.29, 0.717) is 13.0 Å². The molecule has 0 aliphatic rings. The molecular weight excluding hydrogens is 236 g/mol. The van der Waals surface area contributed by atoms with Gasteiger partial charge in [0.2, 0.25) is 0 Å². The fraction of sp³-hybridized carbons (Fsp3) is 0.462. The molecular formula is C13H24O5. The van der Waals surface area contributed by atoms with E-state index < -0.39 is 5.97 Å². The van der Waals surface area contributed by atoms with Crippen molar-refractivity contribution in [3.63, 3.8) is 0 Å². The average Bonchev–Trinajstić information content (AvgIpc) is 2.37. The monoisotopic (exact) mass is 260 g/mol. The van der Waals surface area contributed by atoms with Gasteiger partial charge in [-0.3, -0.25) is 0 Å². The topological polar surface area (TPSA) is 87.0 Å². The van der Waals surface area contributed by atoms with Crippen molar-refractivity contribution in [3.05, 3.63) is 38.2 Å². The van der Waals surface area contributed by atoms with Gasteiger partial charge in [0.1, 0.15) is 0 Å². The van der Waals surface area contributed by atoms with Crippen LogP contribution in [0, 0.1) is 0 Å². The van der Waals surface area contributed by atoms with Gasteiger partial charge < -0.3 is 20.1 Å². The van der Waals surface area contributed by atoms with Gasteiger partial charge >= 0.3 is 5.97 Å². The van der Waals surface area contributed by atoms with E-state index in [-0.39, 0.29) is 13.2 Å². The summed E-state index contributed by atoms with van der Waals surface area (Å²) in [4.78, 5) is 9.25. The van der Waals surface area contributed by atoms with Crippen LogP contribution in [-0.4, -0.2) is 41.1 Å². The van der Waals surface area contributed by atoms with Crippen LogP contribution < -0.4 is 0 Å². The molecule has 0 heterocycles. The molecule has 0 radical (unpaired) electrons. The lowest BCUT2D eigenvalue weighted by Crippen LogP contribution is -1.89. The lowest BCUT2D eigenvalue weighted by molar-refractivity contribution is -0.131. The number of hydrogen-bond acceptors (Lipinski definition) is 4. The number of hydrogen-bond donors (Lipinski definition) is 3. The molecule has 106 valence electrons. The zero-order valence-electron chi connectivity index (χ0n) is 10.8. The molecule has 0 aliphatic heterocycles. The highest BCUT2D eigenvalue weighted by Gasteiger charge is 1.82. The summed E-state index contributed by atoms with van der Waals surface area (Å²) in [6, 6.07) is 0. The van der Waals surface area contributed by atoms with Crippen LogP contribution in [0.3, 0.4) is 0 Å². The molecule has 0 atom stereocenters. The second-order valence-electron chi connectivity index (χ2n) is 2.81. The summed E-state index contributed by atoms with van der Waals surface area (Å²) in [5.41, 5.74) is 0. The smallest absolute Gasteiger partial charge is 0.327 e. The fourth-order valence-corrected chi connectivity index (χ4v) is 0.472. The maximum Gasteiger partial charge on any atom is 0.327 e. The molecule has 0 bridgehead atoms. The molecule has 0 fully saturated rings. The second kappa shape index (κ2) is 24.6. The summed E-state index contributed by atoms with van der Waals surface area (Å²) in [6.45, 7) is 10.9. The first-order chi connectivity index (χ1) is 8.60. The van der Waals surface area contributed by atoms with Gasteiger partial charge in [-0.2, -0.15) is 0 Å². The number of rotatable bonds is 8. The maximum absolute atomic E-state index is 9.25. The average molecular weight is 260 g/mol. The molecule has 0 aromatic carbocycles. The predicted molar refractivity (Wildman–Crippen MR) is 72.2 cm³/mol. The molecule has 0 aliphatic carbocycles. The van der Waals surface area contributed by atoms with Crippen LogP contribution in [-0.2, 0) is 9.53 Å². The minimum absolute atomic E-state index is 0.226. The van der Waals surface area contributed by atoms with E-state index in [1.807, 2.05) is 0 Å². The number of aliphatic hydroxyl groups excluding tert-OH is 2. The van der Waals surface area contributed by atoms with Crippen molar-refractivity contribution < 1.29 is 24.9 Å². The molecule has 0 aromatic rings. The van der Waals surface area contributed by atoms with Gasteiger partial charge in [0.25, 0.3) is 0 Å². The summed E-state index contributed by atoms with van der Waals surface area (Å²) >= 11 is 0. The number of ether oxygens (including phenoxy) is 1. The number of aliphatic hydroxyl groups is 2. The molecule has 5 heteroatoms. The highest BCUT2D eigenvalue weighted by molar-refractivity contribution is 5.78. The van der Waals surface area contributed by atoms with E-state index in [0.717, 1.165) is 18.9 Å². The van der Waals surface area contributed by atoms with Crippen LogP contribution in [0.5, 0.6) is 0 Å². The van der Waals surface area contributed by atoms with E-state index in [1.165, 1.54) is 6.26 Å². The highest BCUT2D eigenvalue weighted by atomic mass is 16.5. The first-order valence-corrected chi connectivity index (χ1v) is 5.51. The predicted octanol–water partition coefficient (Wildman–Crippen LogP) is 1.73. The Labute approximate surface area is 109 Å². The Hall–Kier alpha value is -1.59. The summed E-state index contributed by atoms with van der Waals surface area (Å²) in [5, 5.41) is 23.9. The zero-order valence-corrected chi connectivity index (χ0v) is 10.8. The van der Waals surface area contributed by atoms with Crippen LogP contribution in [0.1, 0.15) is 19.3 Å². The molecule has 0 saturated carbocycles. The third kappa shape index (κ3) is 47.2. The Balaban J connectivity index is -0.000000197. The summed E-state index contributed by atoms with van der Waals surface area (Å²) in [7, 11) is 0. The fourth-order valence-electron chi connectivity index (χ4n) is 0.472. The Morgan fingerprint density at radius 3 is 1.89 bits per heavy atom. The Kier molecular flexibility index (Phi) is 29.6. The van der Waals surface area contributed by atoms with Crippen molar-refractivity contribution in [2.24, 2.45) is 0 Å². The van der Waals surface area contributed by atoms with Gasteiger partial charge in [0.15, 0.2) is 0 Å². The van der Waals surface area contributed by atoms with E-state index in [4.69, 9.17) is 20.1 Å². The number of unbranched alkanes of at least 4 members (excludes halogenated alkanes) is 1. The molecule has 18 heavy (non-hydrogen) atoms. The number of carboxylic acid groups (broad SMARTS) is 1. The Morgan fingerprint density at radius 2 is 1.67 bits per heavy atom.